The van der Waals surface area contributed by atoms with E-state index in [1.54, 1.807) is 4.90 Å². The largest absolute Gasteiger partial charge is 0.481 e. The second kappa shape index (κ2) is 6.07. The average Bonchev–Trinajstić information content (AvgIpc) is 2.58. The maximum absolute atomic E-state index is 12.0. The molecular weight excluding hydrogens is 232 g/mol. The Morgan fingerprint density at radius 3 is 2.56 bits per heavy atom. The van der Waals surface area contributed by atoms with E-state index in [0.29, 0.717) is 6.42 Å². The molecule has 5 heteroatoms. The van der Waals surface area contributed by atoms with Gasteiger partial charge in [0.2, 0.25) is 0 Å². The highest BCUT2D eigenvalue weighted by atomic mass is 16.4. The zero-order valence-corrected chi connectivity index (χ0v) is 11.5. The van der Waals surface area contributed by atoms with Gasteiger partial charge in [0, 0.05) is 19.1 Å². The van der Waals surface area contributed by atoms with E-state index in [9.17, 15) is 9.59 Å². The van der Waals surface area contributed by atoms with Gasteiger partial charge in [0.15, 0.2) is 0 Å². The van der Waals surface area contributed by atoms with E-state index in [4.69, 9.17) is 5.11 Å². The number of carboxylic acid groups (broad SMARTS) is 1. The third-order valence-corrected chi connectivity index (χ3v) is 3.35. The molecule has 1 saturated heterocycles. The molecule has 1 aliphatic rings. The Kier molecular flexibility index (Phi) is 4.99. The SMILES string of the molecule is CCCC(CC(=O)O)NC(=O)N1CCC(C)(C)C1. The molecule has 2 N–H and O–H groups in total. The number of nitrogens with zero attached hydrogens (tertiary/aromatic N) is 1. The van der Waals surface area contributed by atoms with Crippen molar-refractivity contribution in [1.82, 2.24) is 10.2 Å². The molecule has 104 valence electrons. The minimum Gasteiger partial charge on any atom is -0.481 e. The Morgan fingerprint density at radius 1 is 1.44 bits per heavy atom. The van der Waals surface area contributed by atoms with Crippen LogP contribution >= 0.6 is 0 Å². The smallest absolute Gasteiger partial charge is 0.317 e. The third-order valence-electron chi connectivity index (χ3n) is 3.35. The van der Waals surface area contributed by atoms with Crippen LogP contribution in [0.15, 0.2) is 0 Å². The predicted octanol–water partition coefficient (Wildman–Crippen LogP) is 2.07. The van der Waals surface area contributed by atoms with Gasteiger partial charge in [-0.3, -0.25) is 4.79 Å². The van der Waals surface area contributed by atoms with Crippen molar-refractivity contribution in [3.05, 3.63) is 0 Å². The van der Waals surface area contributed by atoms with E-state index in [-0.39, 0.29) is 23.9 Å². The summed E-state index contributed by atoms with van der Waals surface area (Å²) in [4.78, 5) is 24.5. The van der Waals surface area contributed by atoms with Crippen molar-refractivity contribution in [2.24, 2.45) is 5.41 Å². The lowest BCUT2D eigenvalue weighted by molar-refractivity contribution is -0.137. The van der Waals surface area contributed by atoms with Crippen molar-refractivity contribution in [2.45, 2.75) is 52.5 Å². The molecule has 1 atom stereocenters. The van der Waals surface area contributed by atoms with Gasteiger partial charge in [0.05, 0.1) is 6.42 Å². The summed E-state index contributed by atoms with van der Waals surface area (Å²) >= 11 is 0. The number of carbonyl (C=O) groups excluding carboxylic acids is 1. The lowest BCUT2D eigenvalue weighted by Crippen LogP contribution is -2.45. The molecule has 0 aromatic rings. The van der Waals surface area contributed by atoms with Crippen molar-refractivity contribution in [1.29, 1.82) is 0 Å². The van der Waals surface area contributed by atoms with Crippen LogP contribution in [0.5, 0.6) is 0 Å². The summed E-state index contributed by atoms with van der Waals surface area (Å²) in [6.07, 6.45) is 2.56. The number of rotatable bonds is 5. The van der Waals surface area contributed by atoms with Crippen LogP contribution in [-0.2, 0) is 4.79 Å². The molecule has 0 spiro atoms. The number of amides is 2. The molecule has 1 unspecified atom stereocenters. The fraction of sp³-hybridized carbons (Fsp3) is 0.846. The summed E-state index contributed by atoms with van der Waals surface area (Å²) in [6.45, 7) is 7.76. The van der Waals surface area contributed by atoms with Crippen LogP contribution in [0.3, 0.4) is 0 Å². The fourth-order valence-corrected chi connectivity index (χ4v) is 2.34. The molecule has 0 aliphatic carbocycles. The number of aliphatic carboxylic acids is 1. The maximum atomic E-state index is 12.0. The Balaban J connectivity index is 2.48. The molecular formula is C13H24N2O3. The van der Waals surface area contributed by atoms with Crippen LogP contribution < -0.4 is 5.32 Å². The van der Waals surface area contributed by atoms with Gasteiger partial charge in [-0.15, -0.1) is 0 Å². The normalized spacial score (nSPS) is 19.6. The Labute approximate surface area is 109 Å². The lowest BCUT2D eigenvalue weighted by atomic mass is 9.93. The minimum atomic E-state index is -0.865. The van der Waals surface area contributed by atoms with Crippen molar-refractivity contribution < 1.29 is 14.7 Å². The van der Waals surface area contributed by atoms with Gasteiger partial charge in [-0.05, 0) is 18.3 Å². The summed E-state index contributed by atoms with van der Waals surface area (Å²) in [5.41, 5.74) is 0.171. The minimum absolute atomic E-state index is 0.00316. The number of nitrogens with one attached hydrogen (secondary N) is 1. The van der Waals surface area contributed by atoms with Gasteiger partial charge in [-0.1, -0.05) is 27.2 Å². The number of likely N-dealkylation sites (tertiary alicyclic amines) is 1. The zero-order chi connectivity index (χ0) is 13.8. The third kappa shape index (κ3) is 4.55. The molecule has 1 heterocycles. The quantitative estimate of drug-likeness (QED) is 0.791. The first-order valence-electron chi connectivity index (χ1n) is 6.61. The summed E-state index contributed by atoms with van der Waals surface area (Å²) in [7, 11) is 0. The van der Waals surface area contributed by atoms with Crippen LogP contribution in [0, 0.1) is 5.41 Å². The summed E-state index contributed by atoms with van der Waals surface area (Å²) < 4.78 is 0. The first-order valence-corrected chi connectivity index (χ1v) is 6.61. The average molecular weight is 256 g/mol. The molecule has 0 radical (unpaired) electrons. The second-order valence-electron chi connectivity index (χ2n) is 5.87. The maximum Gasteiger partial charge on any atom is 0.317 e. The van der Waals surface area contributed by atoms with Gasteiger partial charge >= 0.3 is 12.0 Å². The van der Waals surface area contributed by atoms with Gasteiger partial charge in [-0.25, -0.2) is 4.79 Å². The molecule has 2 amide bonds. The van der Waals surface area contributed by atoms with Crippen molar-refractivity contribution >= 4 is 12.0 Å². The molecule has 1 aliphatic heterocycles. The van der Waals surface area contributed by atoms with Crippen molar-refractivity contribution in [3.8, 4) is 0 Å². The number of hydrogen-bond donors (Lipinski definition) is 2. The van der Waals surface area contributed by atoms with Crippen LogP contribution in [0.4, 0.5) is 4.79 Å². The van der Waals surface area contributed by atoms with Gasteiger partial charge in [-0.2, -0.15) is 0 Å². The molecule has 5 nitrogen and oxygen atoms in total. The highest BCUT2D eigenvalue weighted by molar-refractivity contribution is 5.76. The van der Waals surface area contributed by atoms with Crippen molar-refractivity contribution in [2.75, 3.05) is 13.1 Å². The van der Waals surface area contributed by atoms with E-state index in [2.05, 4.69) is 19.2 Å². The van der Waals surface area contributed by atoms with E-state index >= 15 is 0 Å². The molecule has 0 bridgehead atoms. The van der Waals surface area contributed by atoms with E-state index in [1.165, 1.54) is 0 Å². The number of urea groups is 1. The van der Waals surface area contributed by atoms with Crippen LogP contribution in [-0.4, -0.2) is 41.1 Å². The van der Waals surface area contributed by atoms with Crippen LogP contribution in [0.2, 0.25) is 0 Å². The molecule has 1 fully saturated rings. The zero-order valence-electron chi connectivity index (χ0n) is 11.5. The van der Waals surface area contributed by atoms with Crippen LogP contribution in [0.1, 0.15) is 46.5 Å². The first kappa shape index (κ1) is 14.8. The molecule has 0 aromatic carbocycles. The Bertz CT molecular complexity index is 315. The molecule has 0 aromatic heterocycles. The topological polar surface area (TPSA) is 69.6 Å². The van der Waals surface area contributed by atoms with E-state index in [0.717, 1.165) is 25.9 Å². The summed E-state index contributed by atoms with van der Waals surface area (Å²) in [6, 6.07) is -0.385. The van der Waals surface area contributed by atoms with E-state index in [1.807, 2.05) is 6.92 Å². The summed E-state index contributed by atoms with van der Waals surface area (Å²) in [5, 5.41) is 11.6. The number of carbonyl (C=O) groups is 2. The van der Waals surface area contributed by atoms with E-state index < -0.39 is 5.97 Å². The number of hydrogen-bond acceptors (Lipinski definition) is 2. The second-order valence-corrected chi connectivity index (χ2v) is 5.87. The highest BCUT2D eigenvalue weighted by Gasteiger charge is 2.32. The molecule has 18 heavy (non-hydrogen) atoms. The standard InChI is InChI=1S/C13H24N2O3/c1-4-5-10(8-11(16)17)14-12(18)15-7-6-13(2,3)9-15/h10H,4-9H2,1-3H3,(H,14,18)(H,16,17). The molecule has 0 saturated carbocycles. The van der Waals surface area contributed by atoms with Gasteiger partial charge in [0.1, 0.15) is 0 Å². The van der Waals surface area contributed by atoms with Gasteiger partial charge in [0.25, 0.3) is 0 Å². The predicted molar refractivity (Wildman–Crippen MR) is 69.5 cm³/mol. The fourth-order valence-electron chi connectivity index (χ4n) is 2.34. The number of carboxylic acids is 1. The summed E-state index contributed by atoms with van der Waals surface area (Å²) in [5.74, 6) is -0.865. The van der Waals surface area contributed by atoms with Crippen LogP contribution in [0.25, 0.3) is 0 Å². The Hall–Kier alpha value is -1.26. The first-order chi connectivity index (χ1) is 8.34. The molecule has 1 rings (SSSR count). The lowest BCUT2D eigenvalue weighted by Gasteiger charge is -2.23. The van der Waals surface area contributed by atoms with Crippen molar-refractivity contribution in [3.63, 3.8) is 0 Å². The monoisotopic (exact) mass is 256 g/mol. The van der Waals surface area contributed by atoms with Gasteiger partial charge < -0.3 is 15.3 Å². The highest BCUT2D eigenvalue weighted by Crippen LogP contribution is 2.28. The Morgan fingerprint density at radius 2 is 2.11 bits per heavy atom.